The van der Waals surface area contributed by atoms with E-state index in [1.165, 1.54) is 7.11 Å². The molecular weight excluding hydrogens is 334 g/mol. The minimum atomic E-state index is -3.33. The van der Waals surface area contributed by atoms with Gasteiger partial charge in [0.05, 0.1) is 18.1 Å². The van der Waals surface area contributed by atoms with Crippen molar-refractivity contribution in [3.63, 3.8) is 0 Å². The molecule has 1 atom stereocenters. The van der Waals surface area contributed by atoms with Crippen molar-refractivity contribution in [2.75, 3.05) is 12.9 Å². The first-order valence-corrected chi connectivity index (χ1v) is 9.24. The Bertz CT molecular complexity index is 648. The molecule has 0 bridgehead atoms. The van der Waals surface area contributed by atoms with Gasteiger partial charge in [-0.05, 0) is 25.8 Å². The summed E-state index contributed by atoms with van der Waals surface area (Å²) in [5.41, 5.74) is 0.796. The van der Waals surface area contributed by atoms with Gasteiger partial charge < -0.3 is 14.8 Å². The van der Waals surface area contributed by atoms with Crippen molar-refractivity contribution in [3.8, 4) is 0 Å². The van der Waals surface area contributed by atoms with Gasteiger partial charge in [0.15, 0.2) is 9.84 Å². The molecule has 0 radical (unpaired) electrons. The van der Waals surface area contributed by atoms with Crippen molar-refractivity contribution in [2.45, 2.75) is 38.2 Å². The van der Waals surface area contributed by atoms with Gasteiger partial charge in [0, 0.05) is 1.43 Å². The van der Waals surface area contributed by atoms with Crippen LogP contribution in [0.1, 0.15) is 27.3 Å². The Hall–Kier alpha value is -2.09. The first kappa shape index (κ1) is 20.0. The number of carbonyl (C=O) groups excluding carboxylic acids is 2. The van der Waals surface area contributed by atoms with Crippen LogP contribution in [0.25, 0.3) is 0 Å². The smallest absolute Gasteiger partial charge is 0.408 e. The molecule has 8 heteroatoms. The van der Waals surface area contributed by atoms with E-state index < -0.39 is 33.2 Å². The van der Waals surface area contributed by atoms with E-state index in [2.05, 4.69) is 10.1 Å². The number of carbonyl (C=O) groups is 2. The Kier molecular flexibility index (Phi) is 7.70. The summed E-state index contributed by atoms with van der Waals surface area (Å²) in [5.74, 6) is -0.950. The van der Waals surface area contributed by atoms with E-state index >= 15 is 0 Å². The molecule has 0 spiro atoms. The largest absolute Gasteiger partial charge is 0.467 e. The van der Waals surface area contributed by atoms with Crippen LogP contribution in [0.5, 0.6) is 0 Å². The second-order valence-corrected chi connectivity index (χ2v) is 8.16. The Labute approximate surface area is 143 Å². The summed E-state index contributed by atoms with van der Waals surface area (Å²) in [6.45, 7) is 3.17. The van der Waals surface area contributed by atoms with Gasteiger partial charge in [0.25, 0.3) is 0 Å². The zero-order valence-electron chi connectivity index (χ0n) is 14.0. The number of benzene rings is 1. The molecule has 0 aliphatic heterocycles. The van der Waals surface area contributed by atoms with Gasteiger partial charge >= 0.3 is 12.1 Å². The van der Waals surface area contributed by atoms with Crippen LogP contribution in [0.4, 0.5) is 4.79 Å². The molecule has 1 amide bonds. The van der Waals surface area contributed by atoms with Crippen molar-refractivity contribution in [2.24, 2.45) is 0 Å². The molecule has 0 saturated heterocycles. The Balaban J connectivity index is 0.00000576. The number of amides is 1. The summed E-state index contributed by atoms with van der Waals surface area (Å²) in [6.07, 6.45) is -0.885. The molecule has 0 heterocycles. The second kappa shape index (κ2) is 9.27. The molecule has 0 aliphatic carbocycles. The van der Waals surface area contributed by atoms with Crippen LogP contribution in [-0.2, 0) is 30.7 Å². The average molecular weight is 359 g/mol. The fourth-order valence-electron chi connectivity index (χ4n) is 1.82. The molecule has 136 valence electrons. The normalized spacial score (nSPS) is 12.5. The SMILES string of the molecule is COC(=O)[C@H](CCS(=O)(=O)C(C)C)NC(=O)OCc1ccccc1.[HH]. The highest BCUT2D eigenvalue weighted by Crippen LogP contribution is 2.07. The fraction of sp³-hybridized carbons (Fsp3) is 0.500. The van der Waals surface area contributed by atoms with Crippen molar-refractivity contribution in [3.05, 3.63) is 35.9 Å². The lowest BCUT2D eigenvalue weighted by Crippen LogP contribution is -2.43. The van der Waals surface area contributed by atoms with Crippen LogP contribution in [0.2, 0.25) is 0 Å². The quantitative estimate of drug-likeness (QED) is 0.712. The zero-order chi connectivity index (χ0) is 18.2. The molecule has 1 aromatic rings. The molecule has 1 aromatic carbocycles. The van der Waals surface area contributed by atoms with Gasteiger partial charge in [0.2, 0.25) is 0 Å². The fourth-order valence-corrected chi connectivity index (χ4v) is 2.85. The van der Waals surface area contributed by atoms with Gasteiger partial charge in [0.1, 0.15) is 12.6 Å². The van der Waals surface area contributed by atoms with E-state index in [0.29, 0.717) is 0 Å². The number of nitrogens with one attached hydrogen (secondary N) is 1. The summed E-state index contributed by atoms with van der Waals surface area (Å²) < 4.78 is 33.3. The minimum absolute atomic E-state index is 0. The highest BCUT2D eigenvalue weighted by atomic mass is 32.2. The first-order chi connectivity index (χ1) is 11.3. The maximum Gasteiger partial charge on any atom is 0.408 e. The van der Waals surface area contributed by atoms with E-state index in [1.807, 2.05) is 18.2 Å². The number of rotatable bonds is 8. The third-order valence-electron chi connectivity index (χ3n) is 3.40. The van der Waals surface area contributed by atoms with E-state index in [9.17, 15) is 18.0 Å². The number of esters is 1. The monoisotopic (exact) mass is 359 g/mol. The lowest BCUT2D eigenvalue weighted by molar-refractivity contribution is -0.143. The van der Waals surface area contributed by atoms with Crippen LogP contribution < -0.4 is 5.32 Å². The number of sulfone groups is 1. The lowest BCUT2D eigenvalue weighted by atomic mass is 10.2. The van der Waals surface area contributed by atoms with Gasteiger partial charge in [-0.15, -0.1) is 0 Å². The number of ether oxygens (including phenoxy) is 2. The van der Waals surface area contributed by atoms with Crippen molar-refractivity contribution in [1.29, 1.82) is 0 Å². The van der Waals surface area contributed by atoms with Crippen molar-refractivity contribution < 1.29 is 28.9 Å². The highest BCUT2D eigenvalue weighted by molar-refractivity contribution is 7.91. The third-order valence-corrected chi connectivity index (χ3v) is 5.64. The van der Waals surface area contributed by atoms with Crippen LogP contribution >= 0.6 is 0 Å². The molecule has 0 unspecified atom stereocenters. The Morgan fingerprint density at radius 3 is 2.38 bits per heavy atom. The average Bonchev–Trinajstić information content (AvgIpc) is 2.56. The first-order valence-electron chi connectivity index (χ1n) is 7.53. The molecule has 7 nitrogen and oxygen atoms in total. The van der Waals surface area contributed by atoms with Crippen molar-refractivity contribution in [1.82, 2.24) is 5.32 Å². The summed E-state index contributed by atoms with van der Waals surface area (Å²) in [4.78, 5) is 23.5. The van der Waals surface area contributed by atoms with Crippen LogP contribution in [-0.4, -0.2) is 44.6 Å². The second-order valence-electron chi connectivity index (χ2n) is 5.49. The zero-order valence-corrected chi connectivity index (χ0v) is 14.8. The summed E-state index contributed by atoms with van der Waals surface area (Å²) in [7, 11) is -2.16. The van der Waals surface area contributed by atoms with Crippen LogP contribution in [0.3, 0.4) is 0 Å². The van der Waals surface area contributed by atoms with E-state index in [-0.39, 0.29) is 20.2 Å². The van der Waals surface area contributed by atoms with E-state index in [0.717, 1.165) is 5.56 Å². The number of alkyl carbamates (subject to hydrolysis) is 1. The minimum Gasteiger partial charge on any atom is -0.467 e. The van der Waals surface area contributed by atoms with Gasteiger partial charge in [-0.1, -0.05) is 30.3 Å². The predicted octanol–water partition coefficient (Wildman–Crippen LogP) is 1.91. The summed E-state index contributed by atoms with van der Waals surface area (Å²) in [6, 6.07) is 7.97. The summed E-state index contributed by atoms with van der Waals surface area (Å²) >= 11 is 0. The third kappa shape index (κ3) is 6.57. The molecule has 1 rings (SSSR count). The molecule has 0 aliphatic rings. The Morgan fingerprint density at radius 1 is 1.21 bits per heavy atom. The maximum absolute atomic E-state index is 11.8. The Morgan fingerprint density at radius 2 is 1.83 bits per heavy atom. The predicted molar refractivity (Wildman–Crippen MR) is 91.2 cm³/mol. The standard InChI is InChI=1S/C16H23NO6S.H2/c1-12(2)24(20,21)10-9-14(15(18)22-3)17-16(19)23-11-13-7-5-4-6-8-13;/h4-8,12,14H,9-11H2,1-3H3,(H,17,19);1H/t14-;/m0./s1. The molecule has 1 N–H and O–H groups in total. The molecular formula is C16H25NO6S. The van der Waals surface area contributed by atoms with Gasteiger partial charge in [-0.2, -0.15) is 0 Å². The van der Waals surface area contributed by atoms with Crippen LogP contribution in [0.15, 0.2) is 30.3 Å². The number of hydrogen-bond acceptors (Lipinski definition) is 6. The molecule has 0 saturated carbocycles. The van der Waals surface area contributed by atoms with Gasteiger partial charge in [-0.25, -0.2) is 18.0 Å². The highest BCUT2D eigenvalue weighted by Gasteiger charge is 2.26. The maximum atomic E-state index is 11.8. The van der Waals surface area contributed by atoms with E-state index in [1.54, 1.807) is 26.0 Å². The topological polar surface area (TPSA) is 98.8 Å². The number of methoxy groups -OCH3 is 1. The number of hydrogen-bond donors (Lipinski definition) is 1. The van der Waals surface area contributed by atoms with E-state index in [4.69, 9.17) is 4.74 Å². The molecule has 24 heavy (non-hydrogen) atoms. The molecule has 0 fully saturated rings. The van der Waals surface area contributed by atoms with Crippen LogP contribution in [0, 0.1) is 0 Å². The lowest BCUT2D eigenvalue weighted by Gasteiger charge is -2.17. The summed E-state index contributed by atoms with van der Waals surface area (Å²) in [5, 5.41) is 1.79. The van der Waals surface area contributed by atoms with Gasteiger partial charge in [-0.3, -0.25) is 0 Å². The van der Waals surface area contributed by atoms with Crippen molar-refractivity contribution >= 4 is 21.9 Å². The molecule has 0 aromatic heterocycles.